The molecule has 0 bridgehead atoms. The Labute approximate surface area is 145 Å². The maximum atomic E-state index is 12.7. The minimum Gasteiger partial charge on any atom is -0.508 e. The topological polar surface area (TPSA) is 40.5 Å². The molecular formula is C20H19NO2S. The predicted octanol–water partition coefficient (Wildman–Crippen LogP) is 4.36. The summed E-state index contributed by atoms with van der Waals surface area (Å²) in [7, 11) is 0. The lowest BCUT2D eigenvalue weighted by Gasteiger charge is -2.21. The molecule has 3 rings (SSSR count). The van der Waals surface area contributed by atoms with Gasteiger partial charge in [0.05, 0.1) is 6.42 Å². The van der Waals surface area contributed by atoms with Crippen molar-refractivity contribution < 1.29 is 9.90 Å². The molecule has 0 saturated heterocycles. The summed E-state index contributed by atoms with van der Waals surface area (Å²) in [4.78, 5) is 14.5. The third-order valence-corrected chi connectivity index (χ3v) is 4.93. The van der Waals surface area contributed by atoms with Crippen molar-refractivity contribution >= 4 is 27.3 Å². The molecule has 0 unspecified atom stereocenters. The number of hydrogen-bond donors (Lipinski definition) is 1. The number of aromatic hydroxyl groups is 1. The number of phenolic OH excluding ortho intramolecular Hbond substituents is 1. The van der Waals surface area contributed by atoms with Gasteiger partial charge in [0.25, 0.3) is 0 Å². The minimum absolute atomic E-state index is 0.0755. The molecule has 0 radical (unpaired) electrons. The Kier molecular flexibility index (Phi) is 4.96. The van der Waals surface area contributed by atoms with Crippen molar-refractivity contribution in [1.29, 1.82) is 0 Å². The quantitative estimate of drug-likeness (QED) is 0.679. The zero-order valence-electron chi connectivity index (χ0n) is 13.3. The van der Waals surface area contributed by atoms with Gasteiger partial charge in [-0.05, 0) is 40.1 Å². The first-order valence-corrected chi connectivity index (χ1v) is 8.67. The molecule has 3 nitrogen and oxygen atoms in total. The van der Waals surface area contributed by atoms with Crippen molar-refractivity contribution in [3.63, 3.8) is 0 Å². The lowest BCUT2D eigenvalue weighted by molar-refractivity contribution is -0.130. The third-order valence-electron chi connectivity index (χ3n) is 3.91. The summed E-state index contributed by atoms with van der Waals surface area (Å²) in [5.74, 6) is 0.302. The van der Waals surface area contributed by atoms with E-state index in [2.05, 4.69) is 24.1 Å². The molecule has 0 fully saturated rings. The van der Waals surface area contributed by atoms with Gasteiger partial charge < -0.3 is 10.0 Å². The van der Waals surface area contributed by atoms with Crippen molar-refractivity contribution in [1.82, 2.24) is 4.90 Å². The van der Waals surface area contributed by atoms with Gasteiger partial charge in [-0.25, -0.2) is 0 Å². The molecule has 1 aromatic heterocycles. The monoisotopic (exact) mass is 337 g/mol. The fourth-order valence-corrected chi connectivity index (χ4v) is 3.64. The van der Waals surface area contributed by atoms with Crippen molar-refractivity contribution in [2.75, 3.05) is 6.54 Å². The normalized spacial score (nSPS) is 10.7. The molecule has 0 atom stereocenters. The summed E-state index contributed by atoms with van der Waals surface area (Å²) in [6, 6.07) is 15.1. The SMILES string of the molecule is C=CCN(Cc1ccc(O)cc1)C(=O)Cc1csc2ccccc12. The largest absolute Gasteiger partial charge is 0.508 e. The molecule has 4 heteroatoms. The molecular weight excluding hydrogens is 318 g/mol. The standard InChI is InChI=1S/C20H19NO2S/c1-2-11-21(13-15-7-9-17(22)10-8-15)20(23)12-16-14-24-19-6-4-3-5-18(16)19/h2-10,14,22H,1,11-13H2. The summed E-state index contributed by atoms with van der Waals surface area (Å²) in [6.07, 6.45) is 2.12. The number of thiophene rings is 1. The molecule has 3 aromatic rings. The Hall–Kier alpha value is -2.59. The van der Waals surface area contributed by atoms with Gasteiger partial charge in [0.2, 0.25) is 5.91 Å². The maximum absolute atomic E-state index is 12.7. The zero-order valence-corrected chi connectivity index (χ0v) is 14.1. The van der Waals surface area contributed by atoms with E-state index in [9.17, 15) is 9.90 Å². The van der Waals surface area contributed by atoms with Gasteiger partial charge in [0.15, 0.2) is 0 Å². The van der Waals surface area contributed by atoms with Crippen molar-refractivity contribution in [2.24, 2.45) is 0 Å². The molecule has 0 saturated carbocycles. The van der Waals surface area contributed by atoms with Crippen LogP contribution in [0.25, 0.3) is 10.1 Å². The van der Waals surface area contributed by atoms with Crippen LogP contribution in [0.2, 0.25) is 0 Å². The molecule has 1 amide bonds. The van der Waals surface area contributed by atoms with E-state index in [0.717, 1.165) is 16.5 Å². The number of fused-ring (bicyclic) bond motifs is 1. The lowest BCUT2D eigenvalue weighted by Crippen LogP contribution is -2.31. The summed E-state index contributed by atoms with van der Waals surface area (Å²) >= 11 is 1.67. The number of hydrogen-bond acceptors (Lipinski definition) is 3. The van der Waals surface area contributed by atoms with Crippen LogP contribution in [0.4, 0.5) is 0 Å². The average molecular weight is 337 g/mol. The van der Waals surface area contributed by atoms with Gasteiger partial charge in [-0.2, -0.15) is 0 Å². The Morgan fingerprint density at radius 3 is 2.67 bits per heavy atom. The zero-order chi connectivity index (χ0) is 16.9. The number of carbonyl (C=O) groups is 1. The fraction of sp³-hybridized carbons (Fsp3) is 0.150. The third kappa shape index (κ3) is 3.66. The number of phenols is 1. The first-order chi connectivity index (χ1) is 11.7. The number of benzene rings is 2. The van der Waals surface area contributed by atoms with E-state index in [-0.39, 0.29) is 11.7 Å². The van der Waals surface area contributed by atoms with E-state index in [1.54, 1.807) is 34.4 Å². The van der Waals surface area contributed by atoms with E-state index in [4.69, 9.17) is 0 Å². The van der Waals surface area contributed by atoms with E-state index in [0.29, 0.717) is 19.5 Å². The van der Waals surface area contributed by atoms with Crippen LogP contribution in [0.15, 0.2) is 66.6 Å². The lowest BCUT2D eigenvalue weighted by atomic mass is 10.1. The molecule has 0 aliphatic rings. The van der Waals surface area contributed by atoms with Crippen LogP contribution < -0.4 is 0 Å². The smallest absolute Gasteiger partial charge is 0.227 e. The number of nitrogens with zero attached hydrogens (tertiary/aromatic N) is 1. The van der Waals surface area contributed by atoms with Gasteiger partial charge in [0, 0.05) is 17.8 Å². The van der Waals surface area contributed by atoms with Gasteiger partial charge in [-0.1, -0.05) is 36.4 Å². The molecule has 0 spiro atoms. The maximum Gasteiger partial charge on any atom is 0.227 e. The highest BCUT2D eigenvalue weighted by molar-refractivity contribution is 7.17. The van der Waals surface area contributed by atoms with E-state index in [1.165, 1.54) is 4.70 Å². The summed E-state index contributed by atoms with van der Waals surface area (Å²) in [5.41, 5.74) is 2.05. The van der Waals surface area contributed by atoms with Crippen LogP contribution >= 0.6 is 11.3 Å². The van der Waals surface area contributed by atoms with Crippen LogP contribution in [0.5, 0.6) is 5.75 Å². The average Bonchev–Trinajstić information content (AvgIpc) is 2.99. The van der Waals surface area contributed by atoms with E-state index < -0.39 is 0 Å². The second kappa shape index (κ2) is 7.32. The Morgan fingerprint density at radius 1 is 1.17 bits per heavy atom. The first-order valence-electron chi connectivity index (χ1n) is 7.79. The van der Waals surface area contributed by atoms with Crippen molar-refractivity contribution in [3.05, 3.63) is 77.7 Å². The molecule has 0 aliphatic carbocycles. The molecule has 122 valence electrons. The van der Waals surface area contributed by atoms with Crippen molar-refractivity contribution in [3.8, 4) is 5.75 Å². The molecule has 24 heavy (non-hydrogen) atoms. The summed E-state index contributed by atoms with van der Waals surface area (Å²) in [5, 5.41) is 12.6. The van der Waals surface area contributed by atoms with Crippen LogP contribution in [-0.2, 0) is 17.8 Å². The summed E-state index contributed by atoms with van der Waals surface area (Å²) < 4.78 is 1.20. The van der Waals surface area contributed by atoms with Gasteiger partial charge >= 0.3 is 0 Å². The van der Waals surface area contributed by atoms with Crippen LogP contribution in [-0.4, -0.2) is 22.5 Å². The van der Waals surface area contributed by atoms with Crippen LogP contribution in [0.1, 0.15) is 11.1 Å². The highest BCUT2D eigenvalue weighted by Gasteiger charge is 2.15. The Bertz CT molecular complexity index is 851. The minimum atomic E-state index is 0.0755. The predicted molar refractivity (Wildman–Crippen MR) is 99.2 cm³/mol. The number of carbonyl (C=O) groups excluding carboxylic acids is 1. The molecule has 1 N–H and O–H groups in total. The Morgan fingerprint density at radius 2 is 1.92 bits per heavy atom. The second-order valence-corrected chi connectivity index (χ2v) is 6.57. The Balaban J connectivity index is 1.76. The summed E-state index contributed by atoms with van der Waals surface area (Å²) in [6.45, 7) is 4.76. The van der Waals surface area contributed by atoms with Gasteiger partial charge in [-0.3, -0.25) is 4.79 Å². The second-order valence-electron chi connectivity index (χ2n) is 5.66. The first kappa shape index (κ1) is 16.3. The van der Waals surface area contributed by atoms with Crippen LogP contribution in [0.3, 0.4) is 0 Å². The number of amides is 1. The van der Waals surface area contributed by atoms with Gasteiger partial charge in [-0.15, -0.1) is 17.9 Å². The van der Waals surface area contributed by atoms with E-state index >= 15 is 0 Å². The molecule has 1 heterocycles. The highest BCUT2D eigenvalue weighted by atomic mass is 32.1. The highest BCUT2D eigenvalue weighted by Crippen LogP contribution is 2.26. The molecule has 0 aliphatic heterocycles. The fourth-order valence-electron chi connectivity index (χ4n) is 2.68. The van der Waals surface area contributed by atoms with E-state index in [1.807, 2.05) is 24.3 Å². The van der Waals surface area contributed by atoms with Crippen molar-refractivity contribution in [2.45, 2.75) is 13.0 Å². The molecule has 2 aromatic carbocycles. The number of rotatable bonds is 6. The van der Waals surface area contributed by atoms with Crippen LogP contribution in [0, 0.1) is 0 Å². The van der Waals surface area contributed by atoms with Gasteiger partial charge in [0.1, 0.15) is 5.75 Å².